The Bertz CT molecular complexity index is 494. The summed E-state index contributed by atoms with van der Waals surface area (Å²) in [6, 6.07) is 16.3. The van der Waals surface area contributed by atoms with E-state index in [9.17, 15) is 0 Å². The highest BCUT2D eigenvalue weighted by molar-refractivity contribution is 6.30. The minimum Gasteiger partial charge on any atom is -0.381 e. The molecule has 0 unspecified atom stereocenters. The van der Waals surface area contributed by atoms with Crippen molar-refractivity contribution >= 4 is 17.3 Å². The first kappa shape index (κ1) is 12.0. The molecule has 2 rings (SSSR count). The topological polar surface area (TPSA) is 12.0 Å². The van der Waals surface area contributed by atoms with Gasteiger partial charge < -0.3 is 5.32 Å². The number of halogens is 1. The van der Waals surface area contributed by atoms with Crippen LogP contribution in [0.2, 0.25) is 5.02 Å². The molecule has 0 aliphatic heterocycles. The van der Waals surface area contributed by atoms with Crippen LogP contribution in [0.4, 0.5) is 5.69 Å². The van der Waals surface area contributed by atoms with Crippen LogP contribution in [0.1, 0.15) is 18.1 Å². The Labute approximate surface area is 107 Å². The van der Waals surface area contributed by atoms with Crippen molar-refractivity contribution in [3.05, 3.63) is 64.7 Å². The Balaban J connectivity index is 2.07. The molecule has 0 saturated heterocycles. The molecule has 0 aliphatic carbocycles. The third-order valence-corrected chi connectivity index (χ3v) is 3.01. The van der Waals surface area contributed by atoms with E-state index in [4.69, 9.17) is 11.6 Å². The van der Waals surface area contributed by atoms with Gasteiger partial charge in [-0.2, -0.15) is 0 Å². The normalized spacial score (nSPS) is 10.2. The Morgan fingerprint density at radius 1 is 1.06 bits per heavy atom. The molecule has 1 nitrogen and oxygen atoms in total. The van der Waals surface area contributed by atoms with Gasteiger partial charge in [-0.25, -0.2) is 0 Å². The summed E-state index contributed by atoms with van der Waals surface area (Å²) in [4.78, 5) is 0. The molecule has 0 aromatic heterocycles. The second kappa shape index (κ2) is 5.74. The largest absolute Gasteiger partial charge is 0.381 e. The lowest BCUT2D eigenvalue weighted by atomic mass is 10.1. The van der Waals surface area contributed by atoms with Gasteiger partial charge in [0, 0.05) is 17.3 Å². The lowest BCUT2D eigenvalue weighted by Crippen LogP contribution is -2.01. The number of anilines is 1. The molecular formula is C15H16ClN. The van der Waals surface area contributed by atoms with Crippen LogP contribution in [-0.4, -0.2) is 0 Å². The highest BCUT2D eigenvalue weighted by atomic mass is 35.5. The summed E-state index contributed by atoms with van der Waals surface area (Å²) in [5.41, 5.74) is 3.74. The number of benzene rings is 2. The monoisotopic (exact) mass is 245 g/mol. The lowest BCUT2D eigenvalue weighted by molar-refractivity contribution is 1.09. The summed E-state index contributed by atoms with van der Waals surface area (Å²) < 4.78 is 0. The van der Waals surface area contributed by atoms with Gasteiger partial charge in [-0.05, 0) is 35.7 Å². The maximum Gasteiger partial charge on any atom is 0.0409 e. The molecule has 1 N–H and O–H groups in total. The van der Waals surface area contributed by atoms with Gasteiger partial charge in [-0.15, -0.1) is 0 Å². The minimum atomic E-state index is 0.785. The van der Waals surface area contributed by atoms with Crippen molar-refractivity contribution in [2.45, 2.75) is 19.9 Å². The van der Waals surface area contributed by atoms with E-state index in [-0.39, 0.29) is 0 Å². The molecule has 0 heterocycles. The fourth-order valence-corrected chi connectivity index (χ4v) is 2.06. The van der Waals surface area contributed by atoms with E-state index in [0.717, 1.165) is 18.0 Å². The second-order valence-electron chi connectivity index (χ2n) is 3.99. The van der Waals surface area contributed by atoms with Gasteiger partial charge in [-0.1, -0.05) is 48.9 Å². The molecule has 0 amide bonds. The number of para-hydroxylation sites is 1. The summed E-state index contributed by atoms with van der Waals surface area (Å²) in [6.07, 6.45) is 1.04. The predicted octanol–water partition coefficient (Wildman–Crippen LogP) is 4.51. The predicted molar refractivity (Wildman–Crippen MR) is 74.6 cm³/mol. The molecule has 0 atom stereocenters. The van der Waals surface area contributed by atoms with Crippen LogP contribution >= 0.6 is 11.6 Å². The van der Waals surface area contributed by atoms with Crippen LogP contribution in [0.15, 0.2) is 48.5 Å². The molecule has 0 fully saturated rings. The first-order valence-electron chi connectivity index (χ1n) is 5.86. The summed E-state index contributed by atoms with van der Waals surface area (Å²) in [7, 11) is 0. The molecule has 2 aromatic carbocycles. The lowest BCUT2D eigenvalue weighted by Gasteiger charge is -2.10. The smallest absolute Gasteiger partial charge is 0.0409 e. The van der Waals surface area contributed by atoms with Crippen molar-refractivity contribution in [1.29, 1.82) is 0 Å². The van der Waals surface area contributed by atoms with Crippen molar-refractivity contribution in [3.8, 4) is 0 Å². The zero-order chi connectivity index (χ0) is 12.1. The third kappa shape index (κ3) is 3.24. The van der Waals surface area contributed by atoms with Gasteiger partial charge in [0.15, 0.2) is 0 Å². The number of aryl methyl sites for hydroxylation is 1. The van der Waals surface area contributed by atoms with Gasteiger partial charge >= 0.3 is 0 Å². The average molecular weight is 246 g/mol. The molecule has 0 spiro atoms. The van der Waals surface area contributed by atoms with Gasteiger partial charge in [0.1, 0.15) is 0 Å². The zero-order valence-electron chi connectivity index (χ0n) is 9.91. The average Bonchev–Trinajstić information content (AvgIpc) is 2.37. The Hall–Kier alpha value is -1.47. The van der Waals surface area contributed by atoms with Crippen LogP contribution in [0.25, 0.3) is 0 Å². The molecule has 0 saturated carbocycles. The molecule has 88 valence electrons. The SMILES string of the molecule is CCc1ccccc1NCc1cccc(Cl)c1. The van der Waals surface area contributed by atoms with Crippen LogP contribution in [0, 0.1) is 0 Å². The maximum absolute atomic E-state index is 5.96. The van der Waals surface area contributed by atoms with Gasteiger partial charge in [0.2, 0.25) is 0 Å². The van der Waals surface area contributed by atoms with Gasteiger partial charge in [0.25, 0.3) is 0 Å². The number of hydrogen-bond acceptors (Lipinski definition) is 1. The molecule has 17 heavy (non-hydrogen) atoms. The van der Waals surface area contributed by atoms with Crippen LogP contribution < -0.4 is 5.32 Å². The van der Waals surface area contributed by atoms with Crippen molar-refractivity contribution in [1.82, 2.24) is 0 Å². The van der Waals surface area contributed by atoms with Crippen LogP contribution in [0.5, 0.6) is 0 Å². The third-order valence-electron chi connectivity index (χ3n) is 2.77. The van der Waals surface area contributed by atoms with Crippen molar-refractivity contribution in [2.75, 3.05) is 5.32 Å². The van der Waals surface area contributed by atoms with E-state index in [0.29, 0.717) is 0 Å². The Morgan fingerprint density at radius 3 is 2.65 bits per heavy atom. The highest BCUT2D eigenvalue weighted by Crippen LogP contribution is 2.17. The van der Waals surface area contributed by atoms with Gasteiger partial charge in [-0.3, -0.25) is 0 Å². The van der Waals surface area contributed by atoms with E-state index < -0.39 is 0 Å². The van der Waals surface area contributed by atoms with Crippen LogP contribution in [0.3, 0.4) is 0 Å². The second-order valence-corrected chi connectivity index (χ2v) is 4.43. The highest BCUT2D eigenvalue weighted by Gasteiger charge is 1.99. The maximum atomic E-state index is 5.96. The van der Waals surface area contributed by atoms with E-state index in [2.05, 4.69) is 42.6 Å². The summed E-state index contributed by atoms with van der Waals surface area (Å²) in [5.74, 6) is 0. The van der Waals surface area contributed by atoms with E-state index in [1.807, 2.05) is 18.2 Å². The number of nitrogens with one attached hydrogen (secondary N) is 1. The first-order valence-corrected chi connectivity index (χ1v) is 6.23. The summed E-state index contributed by atoms with van der Waals surface area (Å²) in [5, 5.41) is 4.23. The Morgan fingerprint density at radius 2 is 1.88 bits per heavy atom. The standard InChI is InChI=1S/C15H16ClN/c1-2-13-7-3-4-9-15(13)17-11-12-6-5-8-14(16)10-12/h3-10,17H,2,11H2,1H3. The molecule has 0 bridgehead atoms. The van der Waals surface area contributed by atoms with Gasteiger partial charge in [0.05, 0.1) is 0 Å². The number of rotatable bonds is 4. The van der Waals surface area contributed by atoms with E-state index in [1.54, 1.807) is 0 Å². The quantitative estimate of drug-likeness (QED) is 0.836. The molecule has 0 radical (unpaired) electrons. The molecular weight excluding hydrogens is 230 g/mol. The molecule has 0 aliphatic rings. The Kier molecular flexibility index (Phi) is 4.05. The fraction of sp³-hybridized carbons (Fsp3) is 0.200. The van der Waals surface area contributed by atoms with E-state index in [1.165, 1.54) is 16.8 Å². The first-order chi connectivity index (χ1) is 8.29. The summed E-state index contributed by atoms with van der Waals surface area (Å²) in [6.45, 7) is 2.97. The molecule has 2 heteroatoms. The summed E-state index contributed by atoms with van der Waals surface area (Å²) >= 11 is 5.96. The number of hydrogen-bond donors (Lipinski definition) is 1. The van der Waals surface area contributed by atoms with Crippen molar-refractivity contribution in [2.24, 2.45) is 0 Å². The molecule has 2 aromatic rings. The minimum absolute atomic E-state index is 0.785. The van der Waals surface area contributed by atoms with Crippen molar-refractivity contribution < 1.29 is 0 Å². The fourth-order valence-electron chi connectivity index (χ4n) is 1.85. The van der Waals surface area contributed by atoms with Crippen LogP contribution in [-0.2, 0) is 13.0 Å². The van der Waals surface area contributed by atoms with E-state index >= 15 is 0 Å². The van der Waals surface area contributed by atoms with Crippen molar-refractivity contribution in [3.63, 3.8) is 0 Å². The zero-order valence-corrected chi connectivity index (χ0v) is 10.7.